The van der Waals surface area contributed by atoms with Gasteiger partial charge in [0.2, 0.25) is 6.08 Å². The Kier molecular flexibility index (Phi) is 3.84. The fraction of sp³-hybridized carbons (Fsp3) is 0.562. The molecular weight excluding hydrogens is 270 g/mol. The Balaban J connectivity index is 2.21. The third-order valence-electron chi connectivity index (χ3n) is 4.25. The van der Waals surface area contributed by atoms with E-state index in [0.29, 0.717) is 30.5 Å². The van der Waals surface area contributed by atoms with Crippen molar-refractivity contribution >= 4 is 6.08 Å². The van der Waals surface area contributed by atoms with E-state index < -0.39 is 5.54 Å². The minimum atomic E-state index is -0.591. The molecule has 0 atom stereocenters. The predicted octanol–water partition coefficient (Wildman–Crippen LogP) is 2.96. The average molecular weight is 289 g/mol. The van der Waals surface area contributed by atoms with Crippen LogP contribution < -0.4 is 14.2 Å². The topological polar surface area (TPSA) is 57.1 Å². The van der Waals surface area contributed by atoms with E-state index in [9.17, 15) is 4.79 Å². The summed E-state index contributed by atoms with van der Waals surface area (Å²) in [7, 11) is 1.62. The van der Waals surface area contributed by atoms with Crippen molar-refractivity contribution in [2.45, 2.75) is 37.6 Å². The van der Waals surface area contributed by atoms with Crippen molar-refractivity contribution in [3.63, 3.8) is 0 Å². The molecule has 1 heterocycles. The van der Waals surface area contributed by atoms with E-state index in [2.05, 4.69) is 4.99 Å². The number of benzene rings is 1. The van der Waals surface area contributed by atoms with E-state index in [0.717, 1.165) is 37.7 Å². The molecule has 0 aromatic heterocycles. The van der Waals surface area contributed by atoms with Crippen molar-refractivity contribution < 1.29 is 19.0 Å². The molecule has 0 spiro atoms. The van der Waals surface area contributed by atoms with Crippen LogP contribution in [-0.4, -0.2) is 26.4 Å². The molecule has 3 rings (SSSR count). The van der Waals surface area contributed by atoms with Crippen LogP contribution in [0, 0.1) is 0 Å². The van der Waals surface area contributed by atoms with Gasteiger partial charge in [0, 0.05) is 6.42 Å². The van der Waals surface area contributed by atoms with Crippen LogP contribution in [-0.2, 0) is 10.3 Å². The van der Waals surface area contributed by atoms with Crippen LogP contribution in [0.4, 0.5) is 0 Å². The summed E-state index contributed by atoms with van der Waals surface area (Å²) in [4.78, 5) is 15.1. The summed E-state index contributed by atoms with van der Waals surface area (Å²) in [6.07, 6.45) is 6.24. The van der Waals surface area contributed by atoms with Crippen LogP contribution in [0.1, 0.15) is 37.7 Å². The smallest absolute Gasteiger partial charge is 0.235 e. The van der Waals surface area contributed by atoms with Crippen molar-refractivity contribution in [3.8, 4) is 17.2 Å². The predicted molar refractivity (Wildman–Crippen MR) is 76.9 cm³/mol. The third-order valence-corrected chi connectivity index (χ3v) is 4.25. The zero-order valence-corrected chi connectivity index (χ0v) is 12.2. The van der Waals surface area contributed by atoms with E-state index in [-0.39, 0.29) is 0 Å². The molecule has 1 saturated carbocycles. The summed E-state index contributed by atoms with van der Waals surface area (Å²) in [6, 6.07) is 3.72. The summed E-state index contributed by atoms with van der Waals surface area (Å²) in [5, 5.41) is 0. The van der Waals surface area contributed by atoms with Gasteiger partial charge in [-0.3, -0.25) is 0 Å². The van der Waals surface area contributed by atoms with Gasteiger partial charge in [0.1, 0.15) is 11.3 Å². The lowest BCUT2D eigenvalue weighted by molar-refractivity contribution is 0.290. The molecule has 1 aliphatic heterocycles. The number of rotatable bonds is 3. The summed E-state index contributed by atoms with van der Waals surface area (Å²) in [5.74, 6) is 2.07. The van der Waals surface area contributed by atoms with Crippen molar-refractivity contribution in [1.82, 2.24) is 0 Å². The molecule has 21 heavy (non-hydrogen) atoms. The van der Waals surface area contributed by atoms with Crippen LogP contribution in [0.2, 0.25) is 0 Å². The second kappa shape index (κ2) is 5.78. The number of hydrogen-bond donors (Lipinski definition) is 0. The van der Waals surface area contributed by atoms with Crippen LogP contribution in [0.15, 0.2) is 17.1 Å². The Labute approximate surface area is 123 Å². The molecule has 1 aromatic rings. The highest BCUT2D eigenvalue weighted by Crippen LogP contribution is 2.52. The number of isocyanates is 1. The number of methoxy groups -OCH3 is 1. The van der Waals surface area contributed by atoms with Gasteiger partial charge < -0.3 is 14.2 Å². The summed E-state index contributed by atoms with van der Waals surface area (Å²) < 4.78 is 17.2. The van der Waals surface area contributed by atoms with Crippen molar-refractivity contribution in [3.05, 3.63) is 17.7 Å². The van der Waals surface area contributed by atoms with Crippen LogP contribution >= 0.6 is 0 Å². The van der Waals surface area contributed by atoms with Crippen molar-refractivity contribution in [2.75, 3.05) is 20.3 Å². The van der Waals surface area contributed by atoms with Crippen molar-refractivity contribution in [2.24, 2.45) is 4.99 Å². The fourth-order valence-corrected chi connectivity index (χ4v) is 3.29. The molecule has 1 aliphatic carbocycles. The van der Waals surface area contributed by atoms with E-state index in [1.165, 1.54) is 0 Å². The van der Waals surface area contributed by atoms with Gasteiger partial charge in [-0.15, -0.1) is 0 Å². The molecular formula is C16H19NO4. The standard InChI is InChI=1S/C16H19NO4/c1-19-12-5-6-13-15(21-10-4-9-20-13)14(12)16(17-11-18)7-2-3-8-16/h5-6H,2-4,7-10H2,1H3. The molecule has 0 bridgehead atoms. The molecule has 1 fully saturated rings. The van der Waals surface area contributed by atoms with E-state index in [1.807, 2.05) is 12.1 Å². The number of carbonyl (C=O) groups excluding carboxylic acids is 1. The highest BCUT2D eigenvalue weighted by molar-refractivity contribution is 5.59. The van der Waals surface area contributed by atoms with Gasteiger partial charge in [0.15, 0.2) is 11.5 Å². The lowest BCUT2D eigenvalue weighted by Crippen LogP contribution is -2.21. The lowest BCUT2D eigenvalue weighted by atomic mass is 9.87. The maximum atomic E-state index is 11.0. The maximum absolute atomic E-state index is 11.0. The number of hydrogen-bond acceptors (Lipinski definition) is 5. The number of aliphatic imine (C=N–C) groups is 1. The van der Waals surface area contributed by atoms with Gasteiger partial charge in [-0.1, -0.05) is 12.8 Å². The number of nitrogens with zero attached hydrogens (tertiary/aromatic N) is 1. The molecule has 0 N–H and O–H groups in total. The SMILES string of the molecule is COc1ccc2c(c1C1(N=C=O)CCCC1)OCCCO2. The number of ether oxygens (including phenoxy) is 3. The Bertz CT molecular complexity index is 572. The van der Waals surface area contributed by atoms with Gasteiger partial charge in [-0.25, -0.2) is 4.79 Å². The van der Waals surface area contributed by atoms with Crippen molar-refractivity contribution in [1.29, 1.82) is 0 Å². The zero-order chi connectivity index (χ0) is 14.7. The van der Waals surface area contributed by atoms with E-state index >= 15 is 0 Å². The largest absolute Gasteiger partial charge is 0.496 e. The van der Waals surface area contributed by atoms with Gasteiger partial charge in [0.05, 0.1) is 25.9 Å². The molecule has 0 saturated heterocycles. The Hall–Kier alpha value is -2.00. The minimum absolute atomic E-state index is 0.591. The summed E-state index contributed by atoms with van der Waals surface area (Å²) >= 11 is 0. The minimum Gasteiger partial charge on any atom is -0.496 e. The number of fused-ring (bicyclic) bond motifs is 1. The Morgan fingerprint density at radius 3 is 2.67 bits per heavy atom. The van der Waals surface area contributed by atoms with E-state index in [1.54, 1.807) is 13.2 Å². The summed E-state index contributed by atoms with van der Waals surface area (Å²) in [5.41, 5.74) is 0.247. The maximum Gasteiger partial charge on any atom is 0.235 e. The van der Waals surface area contributed by atoms with Gasteiger partial charge in [-0.05, 0) is 25.0 Å². The highest BCUT2D eigenvalue weighted by atomic mass is 16.5. The molecule has 5 nitrogen and oxygen atoms in total. The van der Waals surface area contributed by atoms with Gasteiger partial charge in [-0.2, -0.15) is 4.99 Å². The monoisotopic (exact) mass is 289 g/mol. The second-order valence-electron chi connectivity index (χ2n) is 5.46. The molecule has 0 amide bonds. The zero-order valence-electron chi connectivity index (χ0n) is 12.2. The third kappa shape index (κ3) is 2.38. The first-order valence-electron chi connectivity index (χ1n) is 7.37. The first kappa shape index (κ1) is 14.0. The van der Waals surface area contributed by atoms with Crippen LogP contribution in [0.3, 0.4) is 0 Å². The van der Waals surface area contributed by atoms with Gasteiger partial charge in [0.25, 0.3) is 0 Å². The molecule has 1 aromatic carbocycles. The fourth-order valence-electron chi connectivity index (χ4n) is 3.29. The van der Waals surface area contributed by atoms with E-state index in [4.69, 9.17) is 14.2 Å². The normalized spacial score (nSPS) is 19.5. The lowest BCUT2D eigenvalue weighted by Gasteiger charge is -2.27. The Morgan fingerprint density at radius 2 is 1.95 bits per heavy atom. The highest BCUT2D eigenvalue weighted by Gasteiger charge is 2.42. The molecule has 0 unspecified atom stereocenters. The van der Waals surface area contributed by atoms with Crippen LogP contribution in [0.5, 0.6) is 17.2 Å². The quantitative estimate of drug-likeness (QED) is 0.634. The molecule has 0 radical (unpaired) electrons. The first-order chi connectivity index (χ1) is 10.3. The molecule has 5 heteroatoms. The summed E-state index contributed by atoms with van der Waals surface area (Å²) in [6.45, 7) is 1.22. The average Bonchev–Trinajstić information content (AvgIpc) is 2.84. The second-order valence-corrected chi connectivity index (χ2v) is 5.46. The van der Waals surface area contributed by atoms with Gasteiger partial charge >= 0.3 is 0 Å². The Morgan fingerprint density at radius 1 is 1.19 bits per heavy atom. The van der Waals surface area contributed by atoms with Crippen LogP contribution in [0.25, 0.3) is 0 Å². The molecule has 112 valence electrons. The molecule has 2 aliphatic rings. The first-order valence-corrected chi connectivity index (χ1v) is 7.37.